The van der Waals surface area contributed by atoms with Crippen molar-refractivity contribution in [3.8, 4) is 0 Å². The Labute approximate surface area is 169 Å². The predicted octanol–water partition coefficient (Wildman–Crippen LogP) is 4.73. The van der Waals surface area contributed by atoms with Gasteiger partial charge in [-0.1, -0.05) is 35.7 Å². The van der Waals surface area contributed by atoms with Crippen LogP contribution in [-0.4, -0.2) is 31.7 Å². The van der Waals surface area contributed by atoms with Crippen LogP contribution in [0.3, 0.4) is 0 Å². The lowest BCUT2D eigenvalue weighted by Crippen LogP contribution is -2.35. The van der Waals surface area contributed by atoms with Gasteiger partial charge in [-0.3, -0.25) is 4.79 Å². The maximum atomic E-state index is 12.9. The van der Waals surface area contributed by atoms with E-state index in [1.165, 1.54) is 16.4 Å². The lowest BCUT2D eigenvalue weighted by molar-refractivity contribution is 0.102. The highest BCUT2D eigenvalue weighted by atomic mass is 35.5. The number of carbonyl (C=O) groups excluding carboxylic acids is 1. The molecule has 144 valence electrons. The van der Waals surface area contributed by atoms with Crippen LogP contribution in [0.15, 0.2) is 41.3 Å². The highest BCUT2D eigenvalue weighted by molar-refractivity contribution is 7.89. The molecule has 0 aliphatic carbocycles. The van der Waals surface area contributed by atoms with Crippen molar-refractivity contribution in [2.75, 3.05) is 18.4 Å². The zero-order chi connectivity index (χ0) is 19.6. The van der Waals surface area contributed by atoms with Crippen LogP contribution in [0.1, 0.15) is 35.2 Å². The SMILES string of the molecule is Cc1ccc(S(=O)(=O)N2CCCCC2)cc1NC(=O)c1ccc(Cl)c(Cl)c1. The molecule has 0 spiro atoms. The second kappa shape index (κ2) is 8.19. The number of rotatable bonds is 4. The van der Waals surface area contributed by atoms with Gasteiger partial charge in [0.15, 0.2) is 0 Å². The molecule has 0 atom stereocenters. The van der Waals surface area contributed by atoms with Crippen molar-refractivity contribution in [1.82, 2.24) is 4.31 Å². The molecule has 1 aliphatic rings. The third-order valence-electron chi connectivity index (χ3n) is 4.59. The molecule has 1 amide bonds. The van der Waals surface area contributed by atoms with Crippen molar-refractivity contribution < 1.29 is 13.2 Å². The molecule has 1 heterocycles. The molecule has 2 aromatic carbocycles. The van der Waals surface area contributed by atoms with Gasteiger partial charge in [0.2, 0.25) is 10.0 Å². The Morgan fingerprint density at radius 3 is 2.37 bits per heavy atom. The molecular weight excluding hydrogens is 407 g/mol. The summed E-state index contributed by atoms with van der Waals surface area (Å²) in [6.07, 6.45) is 2.78. The minimum Gasteiger partial charge on any atom is -0.322 e. The van der Waals surface area contributed by atoms with E-state index in [1.54, 1.807) is 24.3 Å². The summed E-state index contributed by atoms with van der Waals surface area (Å²) in [6.45, 7) is 2.87. The fraction of sp³-hybridized carbons (Fsp3) is 0.316. The van der Waals surface area contributed by atoms with Crippen LogP contribution in [0.5, 0.6) is 0 Å². The summed E-state index contributed by atoms with van der Waals surface area (Å²) >= 11 is 11.8. The molecule has 1 aliphatic heterocycles. The highest BCUT2D eigenvalue weighted by Crippen LogP contribution is 2.27. The quantitative estimate of drug-likeness (QED) is 0.767. The molecule has 2 aromatic rings. The number of nitrogens with zero attached hydrogens (tertiary/aromatic N) is 1. The van der Waals surface area contributed by atoms with Gasteiger partial charge in [0.25, 0.3) is 5.91 Å². The molecule has 0 bridgehead atoms. The summed E-state index contributed by atoms with van der Waals surface area (Å²) in [7, 11) is -3.57. The number of amides is 1. The Bertz CT molecular complexity index is 971. The Balaban J connectivity index is 1.87. The van der Waals surface area contributed by atoms with Gasteiger partial charge in [0, 0.05) is 24.3 Å². The van der Waals surface area contributed by atoms with Crippen molar-refractivity contribution in [1.29, 1.82) is 0 Å². The van der Waals surface area contributed by atoms with E-state index in [0.717, 1.165) is 24.8 Å². The number of halogens is 2. The van der Waals surface area contributed by atoms with Gasteiger partial charge in [-0.2, -0.15) is 4.31 Å². The number of benzene rings is 2. The number of hydrogen-bond donors (Lipinski definition) is 1. The van der Waals surface area contributed by atoms with E-state index in [0.29, 0.717) is 29.4 Å². The van der Waals surface area contributed by atoms with Gasteiger partial charge in [-0.25, -0.2) is 8.42 Å². The van der Waals surface area contributed by atoms with E-state index in [-0.39, 0.29) is 15.8 Å². The number of piperidine rings is 1. The van der Waals surface area contributed by atoms with Crippen molar-refractivity contribution in [2.45, 2.75) is 31.1 Å². The minimum absolute atomic E-state index is 0.180. The van der Waals surface area contributed by atoms with Crippen molar-refractivity contribution in [3.63, 3.8) is 0 Å². The first-order valence-corrected chi connectivity index (χ1v) is 10.9. The van der Waals surface area contributed by atoms with Crippen LogP contribution in [0.4, 0.5) is 5.69 Å². The summed E-state index contributed by atoms with van der Waals surface area (Å²) in [4.78, 5) is 12.7. The van der Waals surface area contributed by atoms with E-state index >= 15 is 0 Å². The number of carbonyl (C=O) groups is 1. The maximum Gasteiger partial charge on any atom is 0.255 e. The molecular formula is C19H20Cl2N2O3S. The van der Waals surface area contributed by atoms with E-state index in [9.17, 15) is 13.2 Å². The van der Waals surface area contributed by atoms with Gasteiger partial charge in [0.05, 0.1) is 14.9 Å². The van der Waals surface area contributed by atoms with Gasteiger partial charge >= 0.3 is 0 Å². The predicted molar refractivity (Wildman–Crippen MR) is 108 cm³/mol. The first-order valence-electron chi connectivity index (χ1n) is 8.66. The van der Waals surface area contributed by atoms with Gasteiger partial charge in [-0.05, 0) is 55.7 Å². The standard InChI is InChI=1S/C19H20Cl2N2O3S/c1-13-5-7-15(27(25,26)23-9-3-2-4-10-23)12-18(13)22-19(24)14-6-8-16(20)17(21)11-14/h5-8,11-12H,2-4,9-10H2,1H3,(H,22,24). The van der Waals surface area contributed by atoms with Crippen LogP contribution in [0.2, 0.25) is 10.0 Å². The van der Waals surface area contributed by atoms with E-state index in [1.807, 2.05) is 6.92 Å². The Morgan fingerprint density at radius 1 is 1.00 bits per heavy atom. The first-order chi connectivity index (χ1) is 12.8. The van der Waals surface area contributed by atoms with Crippen LogP contribution >= 0.6 is 23.2 Å². The summed E-state index contributed by atoms with van der Waals surface area (Å²) in [5, 5.41) is 3.41. The molecule has 8 heteroatoms. The Morgan fingerprint density at radius 2 is 1.70 bits per heavy atom. The van der Waals surface area contributed by atoms with Crippen LogP contribution in [0, 0.1) is 6.92 Å². The lowest BCUT2D eigenvalue weighted by atomic mass is 10.1. The summed E-state index contributed by atoms with van der Waals surface area (Å²) < 4.78 is 27.2. The van der Waals surface area contributed by atoms with E-state index < -0.39 is 10.0 Å². The smallest absolute Gasteiger partial charge is 0.255 e. The molecule has 1 N–H and O–H groups in total. The molecule has 1 fully saturated rings. The average Bonchev–Trinajstić information content (AvgIpc) is 2.66. The molecule has 0 unspecified atom stereocenters. The number of aryl methyl sites for hydroxylation is 1. The zero-order valence-corrected chi connectivity index (χ0v) is 17.2. The largest absolute Gasteiger partial charge is 0.322 e. The van der Waals surface area contributed by atoms with E-state index in [4.69, 9.17) is 23.2 Å². The van der Waals surface area contributed by atoms with E-state index in [2.05, 4.69) is 5.32 Å². The monoisotopic (exact) mass is 426 g/mol. The lowest BCUT2D eigenvalue weighted by Gasteiger charge is -2.26. The molecule has 1 saturated heterocycles. The van der Waals surface area contributed by atoms with Gasteiger partial charge in [0.1, 0.15) is 0 Å². The minimum atomic E-state index is -3.57. The summed E-state index contributed by atoms with van der Waals surface area (Å²) in [6, 6.07) is 9.36. The Hall–Kier alpha value is -1.60. The summed E-state index contributed by atoms with van der Waals surface area (Å²) in [5.41, 5.74) is 1.55. The highest BCUT2D eigenvalue weighted by Gasteiger charge is 2.26. The molecule has 5 nitrogen and oxygen atoms in total. The van der Waals surface area contributed by atoms with Crippen LogP contribution in [0.25, 0.3) is 0 Å². The molecule has 3 rings (SSSR count). The average molecular weight is 427 g/mol. The number of hydrogen-bond acceptors (Lipinski definition) is 3. The van der Waals surface area contributed by atoms with Gasteiger partial charge < -0.3 is 5.32 Å². The van der Waals surface area contributed by atoms with Crippen molar-refractivity contribution in [2.24, 2.45) is 0 Å². The molecule has 0 aromatic heterocycles. The fourth-order valence-corrected chi connectivity index (χ4v) is 4.82. The number of nitrogens with one attached hydrogen (secondary N) is 1. The van der Waals surface area contributed by atoms with Crippen LogP contribution < -0.4 is 5.32 Å². The first kappa shape index (κ1) is 20.1. The number of anilines is 1. The van der Waals surface area contributed by atoms with Crippen LogP contribution in [-0.2, 0) is 10.0 Å². The molecule has 0 radical (unpaired) electrons. The Kier molecular flexibility index (Phi) is 6.11. The molecule has 0 saturated carbocycles. The van der Waals surface area contributed by atoms with Gasteiger partial charge in [-0.15, -0.1) is 0 Å². The zero-order valence-electron chi connectivity index (χ0n) is 14.8. The topological polar surface area (TPSA) is 66.5 Å². The van der Waals surface area contributed by atoms with Crippen molar-refractivity contribution >= 4 is 44.8 Å². The summed E-state index contributed by atoms with van der Waals surface area (Å²) in [5.74, 6) is -0.385. The molecule has 27 heavy (non-hydrogen) atoms. The normalized spacial score (nSPS) is 15.5. The number of sulfonamides is 1. The maximum absolute atomic E-state index is 12.9. The second-order valence-corrected chi connectivity index (χ2v) is 9.28. The third kappa shape index (κ3) is 4.46. The fourth-order valence-electron chi connectivity index (χ4n) is 2.98. The second-order valence-electron chi connectivity index (χ2n) is 6.52. The van der Waals surface area contributed by atoms with Crippen molar-refractivity contribution in [3.05, 3.63) is 57.6 Å². The third-order valence-corrected chi connectivity index (χ3v) is 7.23.